The van der Waals surface area contributed by atoms with Gasteiger partial charge in [-0.15, -0.1) is 0 Å². The maximum absolute atomic E-state index is 5.61. The minimum absolute atomic E-state index is 0.423. The molecule has 5 heteroatoms. The molecule has 106 valence electrons. The molecular weight excluding hydrogens is 268 g/mol. The fourth-order valence-corrected chi connectivity index (χ4v) is 1.86. The average molecular weight is 282 g/mol. The normalized spacial score (nSPS) is 10.3. The van der Waals surface area contributed by atoms with Gasteiger partial charge in [0.05, 0.1) is 7.11 Å². The van der Waals surface area contributed by atoms with Crippen molar-refractivity contribution < 1.29 is 14.0 Å². The summed E-state index contributed by atoms with van der Waals surface area (Å²) in [4.78, 5) is 3.96. The highest BCUT2D eigenvalue weighted by atomic mass is 16.5. The van der Waals surface area contributed by atoms with Crippen molar-refractivity contribution in [3.05, 3.63) is 60.4 Å². The van der Waals surface area contributed by atoms with E-state index in [4.69, 9.17) is 14.0 Å². The van der Waals surface area contributed by atoms with Gasteiger partial charge < -0.3 is 14.0 Å². The first-order valence-electron chi connectivity index (χ1n) is 6.48. The zero-order valence-corrected chi connectivity index (χ0v) is 11.5. The molecule has 2 aromatic heterocycles. The third kappa shape index (κ3) is 3.20. The highest BCUT2D eigenvalue weighted by molar-refractivity contribution is 5.56. The monoisotopic (exact) mass is 282 g/mol. The summed E-state index contributed by atoms with van der Waals surface area (Å²) in [6.07, 6.45) is 3.41. The van der Waals surface area contributed by atoms with E-state index in [1.165, 1.54) is 0 Å². The summed E-state index contributed by atoms with van der Waals surface area (Å²) >= 11 is 0. The fraction of sp³-hybridized carbons (Fsp3) is 0.125. The molecule has 0 bridgehead atoms. The molecule has 3 rings (SSSR count). The number of hydrogen-bond acceptors (Lipinski definition) is 5. The third-order valence-electron chi connectivity index (χ3n) is 3.00. The van der Waals surface area contributed by atoms with Gasteiger partial charge in [0.1, 0.15) is 12.4 Å². The number of ether oxygens (including phenoxy) is 2. The van der Waals surface area contributed by atoms with Crippen LogP contribution in [0.25, 0.3) is 11.3 Å². The molecule has 21 heavy (non-hydrogen) atoms. The standard InChI is InChI=1S/C16H14N2O3/c1-19-14-4-2-12(3-5-14)11-20-16-10-15(21-18-16)13-6-8-17-9-7-13/h2-10H,11H2,1H3. The lowest BCUT2D eigenvalue weighted by molar-refractivity contribution is 0.270. The van der Waals surface area contributed by atoms with Crippen LogP contribution in [0.15, 0.2) is 59.4 Å². The van der Waals surface area contributed by atoms with Gasteiger partial charge in [0.15, 0.2) is 5.76 Å². The van der Waals surface area contributed by atoms with Gasteiger partial charge in [-0.25, -0.2) is 0 Å². The Morgan fingerprint density at radius 1 is 1.05 bits per heavy atom. The van der Waals surface area contributed by atoms with Crippen LogP contribution in [0.1, 0.15) is 5.56 Å². The van der Waals surface area contributed by atoms with Crippen molar-refractivity contribution in [3.63, 3.8) is 0 Å². The second-order valence-corrected chi connectivity index (χ2v) is 4.40. The molecule has 0 unspecified atom stereocenters. The van der Waals surface area contributed by atoms with E-state index in [0.717, 1.165) is 16.9 Å². The quantitative estimate of drug-likeness (QED) is 0.718. The molecule has 0 aliphatic heterocycles. The van der Waals surface area contributed by atoms with E-state index in [9.17, 15) is 0 Å². The second kappa shape index (κ2) is 6.09. The summed E-state index contributed by atoms with van der Waals surface area (Å²) in [6.45, 7) is 0.423. The lowest BCUT2D eigenvalue weighted by Crippen LogP contribution is -1.95. The summed E-state index contributed by atoms with van der Waals surface area (Å²) in [6, 6.07) is 13.2. The number of rotatable bonds is 5. The summed E-state index contributed by atoms with van der Waals surface area (Å²) in [5.41, 5.74) is 1.95. The topological polar surface area (TPSA) is 57.4 Å². The Labute approximate surface area is 122 Å². The van der Waals surface area contributed by atoms with Crippen molar-refractivity contribution in [1.82, 2.24) is 10.1 Å². The molecule has 0 N–H and O–H groups in total. The van der Waals surface area contributed by atoms with Crippen molar-refractivity contribution in [2.75, 3.05) is 7.11 Å². The van der Waals surface area contributed by atoms with E-state index in [-0.39, 0.29) is 0 Å². The average Bonchev–Trinajstić information content (AvgIpc) is 3.03. The van der Waals surface area contributed by atoms with Gasteiger partial charge in [0, 0.05) is 24.0 Å². The van der Waals surface area contributed by atoms with Crippen LogP contribution in [0.5, 0.6) is 11.6 Å². The lowest BCUT2D eigenvalue weighted by atomic mass is 10.2. The molecular formula is C16H14N2O3. The van der Waals surface area contributed by atoms with E-state index in [1.54, 1.807) is 25.6 Å². The number of hydrogen-bond donors (Lipinski definition) is 0. The Morgan fingerprint density at radius 2 is 1.81 bits per heavy atom. The summed E-state index contributed by atoms with van der Waals surface area (Å²) < 4.78 is 16.0. The molecule has 0 aliphatic carbocycles. The molecule has 0 saturated heterocycles. The minimum Gasteiger partial charge on any atom is -0.497 e. The van der Waals surface area contributed by atoms with Crippen LogP contribution in [-0.2, 0) is 6.61 Å². The summed E-state index contributed by atoms with van der Waals surface area (Å²) in [5.74, 6) is 1.93. The molecule has 0 aliphatic rings. The van der Waals surface area contributed by atoms with E-state index >= 15 is 0 Å². The van der Waals surface area contributed by atoms with Crippen LogP contribution in [-0.4, -0.2) is 17.3 Å². The van der Waals surface area contributed by atoms with E-state index in [2.05, 4.69) is 10.1 Å². The second-order valence-electron chi connectivity index (χ2n) is 4.40. The van der Waals surface area contributed by atoms with Crippen LogP contribution in [0.3, 0.4) is 0 Å². The third-order valence-corrected chi connectivity index (χ3v) is 3.00. The van der Waals surface area contributed by atoms with Gasteiger partial charge in [0.25, 0.3) is 5.88 Å². The molecule has 5 nitrogen and oxygen atoms in total. The minimum atomic E-state index is 0.423. The van der Waals surface area contributed by atoms with Crippen LogP contribution in [0.4, 0.5) is 0 Å². The van der Waals surface area contributed by atoms with Gasteiger partial charge in [-0.05, 0) is 35.0 Å². The van der Waals surface area contributed by atoms with E-state index in [1.807, 2.05) is 36.4 Å². The Hall–Kier alpha value is -2.82. The van der Waals surface area contributed by atoms with Crippen molar-refractivity contribution in [2.45, 2.75) is 6.61 Å². The fourth-order valence-electron chi connectivity index (χ4n) is 1.86. The van der Waals surface area contributed by atoms with Crippen LogP contribution >= 0.6 is 0 Å². The maximum Gasteiger partial charge on any atom is 0.255 e. The SMILES string of the molecule is COc1ccc(COc2cc(-c3ccncc3)on2)cc1. The predicted octanol–water partition coefficient (Wildman–Crippen LogP) is 3.32. The molecule has 0 saturated carbocycles. The Morgan fingerprint density at radius 3 is 2.52 bits per heavy atom. The van der Waals surface area contributed by atoms with Crippen LogP contribution < -0.4 is 9.47 Å². The predicted molar refractivity (Wildman–Crippen MR) is 77.1 cm³/mol. The van der Waals surface area contributed by atoms with Crippen molar-refractivity contribution in [2.24, 2.45) is 0 Å². The van der Waals surface area contributed by atoms with Gasteiger partial charge in [-0.3, -0.25) is 4.98 Å². The van der Waals surface area contributed by atoms with E-state index in [0.29, 0.717) is 18.2 Å². The maximum atomic E-state index is 5.61. The Bertz CT molecular complexity index is 693. The number of methoxy groups -OCH3 is 1. The Kier molecular flexibility index (Phi) is 3.82. The van der Waals surface area contributed by atoms with Crippen molar-refractivity contribution in [1.29, 1.82) is 0 Å². The summed E-state index contributed by atoms with van der Waals surface area (Å²) in [5, 5.41) is 3.90. The highest BCUT2D eigenvalue weighted by Crippen LogP contribution is 2.23. The van der Waals surface area contributed by atoms with Crippen LogP contribution in [0, 0.1) is 0 Å². The number of aromatic nitrogens is 2. The van der Waals surface area contributed by atoms with Gasteiger partial charge in [0.2, 0.25) is 0 Å². The molecule has 0 fully saturated rings. The number of nitrogens with zero attached hydrogens (tertiary/aromatic N) is 2. The highest BCUT2D eigenvalue weighted by Gasteiger charge is 2.07. The zero-order valence-electron chi connectivity index (χ0n) is 11.5. The first kappa shape index (κ1) is 13.2. The first-order chi connectivity index (χ1) is 10.3. The lowest BCUT2D eigenvalue weighted by Gasteiger charge is -2.03. The smallest absolute Gasteiger partial charge is 0.255 e. The first-order valence-corrected chi connectivity index (χ1v) is 6.48. The molecule has 0 amide bonds. The van der Waals surface area contributed by atoms with Gasteiger partial charge in [-0.1, -0.05) is 12.1 Å². The van der Waals surface area contributed by atoms with Crippen LogP contribution in [0.2, 0.25) is 0 Å². The molecule has 0 spiro atoms. The van der Waals surface area contributed by atoms with Gasteiger partial charge in [-0.2, -0.15) is 0 Å². The molecule has 2 heterocycles. The molecule has 0 radical (unpaired) electrons. The molecule has 1 aromatic carbocycles. The van der Waals surface area contributed by atoms with E-state index < -0.39 is 0 Å². The molecule has 0 atom stereocenters. The summed E-state index contributed by atoms with van der Waals surface area (Å²) in [7, 11) is 1.64. The Balaban J connectivity index is 1.64. The van der Waals surface area contributed by atoms with Crippen molar-refractivity contribution in [3.8, 4) is 23.0 Å². The van der Waals surface area contributed by atoms with Gasteiger partial charge >= 0.3 is 0 Å². The van der Waals surface area contributed by atoms with Crippen molar-refractivity contribution >= 4 is 0 Å². The largest absolute Gasteiger partial charge is 0.497 e. The number of pyridine rings is 1. The molecule has 3 aromatic rings. The number of benzene rings is 1. The zero-order chi connectivity index (χ0) is 14.5.